The first-order valence-electron chi connectivity index (χ1n) is 6.02. The Morgan fingerprint density at radius 1 is 1.25 bits per heavy atom. The zero-order valence-electron chi connectivity index (χ0n) is 10.9. The van der Waals surface area contributed by atoms with Gasteiger partial charge >= 0.3 is 0 Å². The smallest absolute Gasteiger partial charge is 0.247 e. The minimum atomic E-state index is -1.05. The Kier molecular flexibility index (Phi) is 4.35. The fourth-order valence-electron chi connectivity index (χ4n) is 1.91. The number of amides is 1. The van der Waals surface area contributed by atoms with Crippen molar-refractivity contribution in [1.82, 2.24) is 0 Å². The van der Waals surface area contributed by atoms with E-state index in [1.807, 2.05) is 30.3 Å². The summed E-state index contributed by atoms with van der Waals surface area (Å²) in [6, 6.07) is 14.6. The van der Waals surface area contributed by atoms with Gasteiger partial charge in [0.25, 0.3) is 0 Å². The van der Waals surface area contributed by atoms with Gasteiger partial charge in [-0.2, -0.15) is 0 Å². The van der Waals surface area contributed by atoms with Gasteiger partial charge in [-0.15, -0.1) is 0 Å². The zero-order valence-corrected chi connectivity index (χ0v) is 13.2. The number of benzene rings is 2. The Morgan fingerprint density at radius 2 is 1.95 bits per heavy atom. The van der Waals surface area contributed by atoms with Crippen LogP contribution < -0.4 is 11.1 Å². The zero-order chi connectivity index (χ0) is 14.8. The van der Waals surface area contributed by atoms with Crippen LogP contribution in [0.1, 0.15) is 12.5 Å². The molecule has 0 saturated heterocycles. The van der Waals surface area contributed by atoms with Gasteiger partial charge in [0.15, 0.2) is 0 Å². The number of primary amides is 1. The normalized spacial score (nSPS) is 13.6. The number of halogens is 2. The van der Waals surface area contributed by atoms with Crippen LogP contribution in [0, 0.1) is 0 Å². The van der Waals surface area contributed by atoms with Crippen LogP contribution in [0.2, 0.25) is 5.02 Å². The van der Waals surface area contributed by atoms with Crippen LogP contribution in [0.15, 0.2) is 53.0 Å². The molecule has 2 aromatic rings. The first-order chi connectivity index (χ1) is 9.43. The van der Waals surface area contributed by atoms with E-state index in [0.29, 0.717) is 10.6 Å². The Hall–Kier alpha value is -1.52. The summed E-state index contributed by atoms with van der Waals surface area (Å²) in [5.74, 6) is -0.476. The van der Waals surface area contributed by atoms with Crippen LogP contribution in [0.25, 0.3) is 0 Å². The van der Waals surface area contributed by atoms with E-state index in [2.05, 4.69) is 21.2 Å². The molecule has 1 unspecified atom stereocenters. The van der Waals surface area contributed by atoms with Gasteiger partial charge in [-0.25, -0.2) is 0 Å². The lowest BCUT2D eigenvalue weighted by atomic mass is 9.91. The van der Waals surface area contributed by atoms with Gasteiger partial charge < -0.3 is 11.1 Å². The molecule has 0 aliphatic heterocycles. The molecule has 2 rings (SSSR count). The minimum absolute atomic E-state index is 0.476. The second kappa shape index (κ2) is 5.85. The van der Waals surface area contributed by atoms with Crippen molar-refractivity contribution in [2.75, 3.05) is 5.32 Å². The highest BCUT2D eigenvalue weighted by atomic mass is 79.9. The Balaban J connectivity index is 2.46. The molecule has 0 saturated carbocycles. The highest BCUT2D eigenvalue weighted by Crippen LogP contribution is 2.31. The first-order valence-corrected chi connectivity index (χ1v) is 7.19. The molecule has 0 fully saturated rings. The van der Waals surface area contributed by atoms with Gasteiger partial charge in [0.05, 0.1) is 0 Å². The molecule has 1 amide bonds. The summed E-state index contributed by atoms with van der Waals surface area (Å²) in [7, 11) is 0. The lowest BCUT2D eigenvalue weighted by Gasteiger charge is -2.29. The molecule has 0 aromatic heterocycles. The van der Waals surface area contributed by atoms with Gasteiger partial charge in [0.2, 0.25) is 5.91 Å². The van der Waals surface area contributed by atoms with E-state index in [9.17, 15) is 4.79 Å². The number of anilines is 1. The van der Waals surface area contributed by atoms with Crippen molar-refractivity contribution in [3.05, 3.63) is 63.6 Å². The van der Waals surface area contributed by atoms with Crippen molar-refractivity contribution in [1.29, 1.82) is 0 Å². The predicted octanol–water partition coefficient (Wildman–Crippen LogP) is 3.92. The number of para-hydroxylation sites is 1. The van der Waals surface area contributed by atoms with Crippen LogP contribution in [-0.4, -0.2) is 5.91 Å². The summed E-state index contributed by atoms with van der Waals surface area (Å²) in [4.78, 5) is 11.9. The second-order valence-corrected chi connectivity index (χ2v) is 5.90. The third-order valence-corrected chi connectivity index (χ3v) is 4.08. The molecular weight excluding hydrogens is 340 g/mol. The van der Waals surface area contributed by atoms with Gasteiger partial charge in [0, 0.05) is 15.2 Å². The maximum absolute atomic E-state index is 11.9. The molecule has 1 atom stereocenters. The van der Waals surface area contributed by atoms with Crippen molar-refractivity contribution >= 4 is 39.1 Å². The van der Waals surface area contributed by atoms with Gasteiger partial charge in [-0.05, 0) is 52.7 Å². The number of carbonyl (C=O) groups excluding carboxylic acids is 1. The molecule has 3 N–H and O–H groups in total. The second-order valence-electron chi connectivity index (χ2n) is 4.60. The molecule has 5 heteroatoms. The summed E-state index contributed by atoms with van der Waals surface area (Å²) in [6.45, 7) is 1.74. The summed E-state index contributed by atoms with van der Waals surface area (Å²) >= 11 is 9.45. The molecule has 0 aliphatic rings. The highest BCUT2D eigenvalue weighted by Gasteiger charge is 2.33. The topological polar surface area (TPSA) is 55.1 Å². The molecule has 0 radical (unpaired) electrons. The summed E-state index contributed by atoms with van der Waals surface area (Å²) in [6.07, 6.45) is 0. The van der Waals surface area contributed by atoms with Crippen molar-refractivity contribution in [2.24, 2.45) is 5.73 Å². The Labute approximate surface area is 131 Å². The quantitative estimate of drug-likeness (QED) is 0.875. The lowest BCUT2D eigenvalue weighted by molar-refractivity contribution is -0.122. The van der Waals surface area contributed by atoms with Crippen LogP contribution >= 0.6 is 27.5 Å². The highest BCUT2D eigenvalue weighted by molar-refractivity contribution is 9.10. The maximum atomic E-state index is 11.9. The van der Waals surface area contributed by atoms with Crippen LogP contribution in [0.5, 0.6) is 0 Å². The standard InChI is InChI=1S/C15H14BrClN2O/c1-15(14(18)20,10-5-4-6-11(17)9-10)19-13-8-3-2-7-12(13)16/h2-9,19H,1H3,(H2,18,20). The van der Waals surface area contributed by atoms with E-state index in [1.165, 1.54) is 0 Å². The van der Waals surface area contributed by atoms with E-state index >= 15 is 0 Å². The van der Waals surface area contributed by atoms with E-state index in [4.69, 9.17) is 17.3 Å². The molecule has 104 valence electrons. The summed E-state index contributed by atoms with van der Waals surface area (Å²) in [5, 5.41) is 3.75. The van der Waals surface area contributed by atoms with Crippen molar-refractivity contribution in [3.8, 4) is 0 Å². The average molecular weight is 354 g/mol. The molecule has 20 heavy (non-hydrogen) atoms. The van der Waals surface area contributed by atoms with Gasteiger partial charge in [0.1, 0.15) is 5.54 Å². The molecule has 0 heterocycles. The minimum Gasteiger partial charge on any atom is -0.367 e. The maximum Gasteiger partial charge on any atom is 0.247 e. The molecular formula is C15H14BrClN2O. The summed E-state index contributed by atoms with van der Waals surface area (Å²) in [5.41, 5.74) is 6.05. The largest absolute Gasteiger partial charge is 0.367 e. The molecule has 2 aromatic carbocycles. The van der Waals surface area contributed by atoms with Crippen molar-refractivity contribution < 1.29 is 4.79 Å². The Bertz CT molecular complexity index is 647. The first kappa shape index (κ1) is 14.9. The van der Waals surface area contributed by atoms with Crippen molar-refractivity contribution in [3.63, 3.8) is 0 Å². The fourth-order valence-corrected chi connectivity index (χ4v) is 2.48. The van der Waals surface area contributed by atoms with E-state index in [0.717, 1.165) is 10.2 Å². The van der Waals surface area contributed by atoms with E-state index in [1.54, 1.807) is 25.1 Å². The average Bonchev–Trinajstić information content (AvgIpc) is 2.41. The van der Waals surface area contributed by atoms with Crippen molar-refractivity contribution in [2.45, 2.75) is 12.5 Å². The number of hydrogen-bond acceptors (Lipinski definition) is 2. The molecule has 3 nitrogen and oxygen atoms in total. The number of nitrogens with two attached hydrogens (primary N) is 1. The third kappa shape index (κ3) is 2.97. The van der Waals surface area contributed by atoms with Crippen LogP contribution in [-0.2, 0) is 10.3 Å². The third-order valence-electron chi connectivity index (χ3n) is 3.15. The SMILES string of the molecule is CC(Nc1ccccc1Br)(C(N)=O)c1cccc(Cl)c1. The lowest BCUT2D eigenvalue weighted by Crippen LogP contribution is -2.45. The molecule has 0 aliphatic carbocycles. The van der Waals surface area contributed by atoms with Crippen LogP contribution in [0.4, 0.5) is 5.69 Å². The van der Waals surface area contributed by atoms with Gasteiger partial charge in [-0.3, -0.25) is 4.79 Å². The molecule has 0 spiro atoms. The van der Waals surface area contributed by atoms with Gasteiger partial charge in [-0.1, -0.05) is 35.9 Å². The number of carbonyl (C=O) groups is 1. The van der Waals surface area contributed by atoms with Crippen LogP contribution in [0.3, 0.4) is 0 Å². The predicted molar refractivity (Wildman–Crippen MR) is 85.8 cm³/mol. The number of rotatable bonds is 4. The molecule has 0 bridgehead atoms. The van der Waals surface area contributed by atoms with E-state index in [-0.39, 0.29) is 0 Å². The number of nitrogens with one attached hydrogen (secondary N) is 1. The van der Waals surface area contributed by atoms with E-state index < -0.39 is 11.4 Å². The summed E-state index contributed by atoms with van der Waals surface area (Å²) < 4.78 is 0.856. The fraction of sp³-hybridized carbons (Fsp3) is 0.133. The number of hydrogen-bond donors (Lipinski definition) is 2. The monoisotopic (exact) mass is 352 g/mol. The Morgan fingerprint density at radius 3 is 2.55 bits per heavy atom.